The van der Waals surface area contributed by atoms with Crippen LogP contribution in [-0.2, 0) is 6.54 Å². The zero-order chi connectivity index (χ0) is 16.8. The molecule has 7 aliphatic carbocycles. The molecule has 0 saturated heterocycles. The summed E-state index contributed by atoms with van der Waals surface area (Å²) in [7, 11) is 1.64. The van der Waals surface area contributed by atoms with Crippen LogP contribution in [0.5, 0.6) is 11.5 Å². The smallest absolute Gasteiger partial charge is 0.123 e. The first kappa shape index (κ1) is 14.9. The van der Waals surface area contributed by atoms with Crippen molar-refractivity contribution < 1.29 is 9.84 Å². The van der Waals surface area contributed by atoms with Crippen molar-refractivity contribution in [1.29, 1.82) is 0 Å². The largest absolute Gasteiger partial charge is 0.507 e. The van der Waals surface area contributed by atoms with Crippen LogP contribution in [0.1, 0.15) is 44.1 Å². The fourth-order valence-corrected chi connectivity index (χ4v) is 8.23. The van der Waals surface area contributed by atoms with Crippen LogP contribution in [0.2, 0.25) is 0 Å². The van der Waals surface area contributed by atoms with Gasteiger partial charge in [-0.2, -0.15) is 0 Å². The maximum absolute atomic E-state index is 10.3. The number of phenols is 1. The minimum Gasteiger partial charge on any atom is -0.507 e. The molecule has 25 heavy (non-hydrogen) atoms. The Labute approximate surface area is 150 Å². The van der Waals surface area contributed by atoms with Gasteiger partial charge in [0.1, 0.15) is 11.5 Å². The van der Waals surface area contributed by atoms with Crippen LogP contribution < -0.4 is 10.1 Å². The van der Waals surface area contributed by atoms with Crippen molar-refractivity contribution in [1.82, 2.24) is 5.32 Å². The summed E-state index contributed by atoms with van der Waals surface area (Å²) in [5.74, 6) is 8.35. The van der Waals surface area contributed by atoms with E-state index in [0.717, 1.165) is 59.3 Å². The Hall–Kier alpha value is -1.22. The van der Waals surface area contributed by atoms with Crippen molar-refractivity contribution in [2.24, 2.45) is 41.4 Å². The van der Waals surface area contributed by atoms with Gasteiger partial charge in [-0.05, 0) is 86.0 Å². The molecule has 1 aromatic carbocycles. The van der Waals surface area contributed by atoms with E-state index >= 15 is 0 Å². The number of aromatic hydroxyl groups is 1. The lowest BCUT2D eigenvalue weighted by Gasteiger charge is -2.72. The third-order valence-electron chi connectivity index (χ3n) is 8.94. The first-order valence-corrected chi connectivity index (χ1v) is 10.3. The van der Waals surface area contributed by atoms with Crippen molar-refractivity contribution in [3.8, 4) is 11.5 Å². The van der Waals surface area contributed by atoms with E-state index < -0.39 is 0 Å². The number of hydrogen-bond donors (Lipinski definition) is 2. The molecule has 7 saturated carbocycles. The summed E-state index contributed by atoms with van der Waals surface area (Å²) >= 11 is 0. The van der Waals surface area contributed by atoms with Crippen LogP contribution in [-0.4, -0.2) is 17.8 Å². The molecule has 0 aromatic heterocycles. The Balaban J connectivity index is 1.24. The number of phenolic OH excluding ortho intramolecular Hbond substituents is 1. The molecule has 1 aromatic rings. The summed E-state index contributed by atoms with van der Waals surface area (Å²) < 4.78 is 5.21. The highest BCUT2D eigenvalue weighted by atomic mass is 16.5. The summed E-state index contributed by atoms with van der Waals surface area (Å²) in [6.45, 7) is 0.782. The summed E-state index contributed by atoms with van der Waals surface area (Å²) in [5.41, 5.74) is 1.35. The van der Waals surface area contributed by atoms with E-state index in [2.05, 4.69) is 5.32 Å². The van der Waals surface area contributed by atoms with Crippen LogP contribution in [0.4, 0.5) is 0 Å². The predicted molar refractivity (Wildman–Crippen MR) is 96.4 cm³/mol. The van der Waals surface area contributed by atoms with Crippen LogP contribution >= 0.6 is 0 Å². The van der Waals surface area contributed by atoms with E-state index in [0.29, 0.717) is 11.3 Å². The topological polar surface area (TPSA) is 41.5 Å². The Morgan fingerprint density at radius 1 is 1.00 bits per heavy atom. The lowest BCUT2D eigenvalue weighted by atomic mass is 9.34. The molecular formula is C22H29NO2. The first-order chi connectivity index (χ1) is 12.2. The van der Waals surface area contributed by atoms with E-state index in [9.17, 15) is 5.11 Å². The van der Waals surface area contributed by atoms with Crippen molar-refractivity contribution in [3.05, 3.63) is 23.8 Å². The second kappa shape index (κ2) is 4.94. The summed E-state index contributed by atoms with van der Waals surface area (Å²) in [4.78, 5) is 0. The second-order valence-corrected chi connectivity index (χ2v) is 9.80. The Bertz CT molecular complexity index is 654. The van der Waals surface area contributed by atoms with Gasteiger partial charge in [-0.1, -0.05) is 6.07 Å². The van der Waals surface area contributed by atoms with Crippen LogP contribution in [0.25, 0.3) is 0 Å². The van der Waals surface area contributed by atoms with Crippen molar-refractivity contribution >= 4 is 0 Å². The third kappa shape index (κ3) is 1.96. The molecule has 3 nitrogen and oxygen atoms in total. The molecule has 8 rings (SSSR count). The van der Waals surface area contributed by atoms with Gasteiger partial charge in [-0.25, -0.2) is 0 Å². The second-order valence-electron chi connectivity index (χ2n) is 9.80. The highest BCUT2D eigenvalue weighted by molar-refractivity contribution is 5.39. The Kier molecular flexibility index (Phi) is 2.94. The molecule has 3 heteroatoms. The first-order valence-electron chi connectivity index (χ1n) is 10.3. The standard InChI is InChI=1S/C22H29NO2/c1-25-14-3-2-13(21(24)7-14)11-23-22-8-18-15-4-12-5-16(18)20(10-22)17(6-12)19(15)9-22/h2-3,7,12,15-20,23-24H,4-6,8-11H2,1H3. The lowest BCUT2D eigenvalue weighted by Crippen LogP contribution is -2.70. The number of methoxy groups -OCH3 is 1. The summed E-state index contributed by atoms with van der Waals surface area (Å²) in [6.07, 6.45) is 8.82. The van der Waals surface area contributed by atoms with Gasteiger partial charge in [0, 0.05) is 23.7 Å². The molecule has 0 heterocycles. The number of rotatable bonds is 4. The quantitative estimate of drug-likeness (QED) is 0.873. The van der Waals surface area contributed by atoms with E-state index in [1.165, 1.54) is 19.3 Å². The van der Waals surface area contributed by atoms with E-state index in [1.807, 2.05) is 12.1 Å². The fourth-order valence-electron chi connectivity index (χ4n) is 8.23. The Morgan fingerprint density at radius 2 is 1.60 bits per heavy atom. The average Bonchev–Trinajstić information content (AvgIpc) is 2.64. The van der Waals surface area contributed by atoms with Crippen molar-refractivity contribution in [2.75, 3.05) is 7.11 Å². The average molecular weight is 339 g/mol. The molecule has 0 radical (unpaired) electrons. The third-order valence-corrected chi connectivity index (χ3v) is 8.94. The lowest BCUT2D eigenvalue weighted by molar-refractivity contribution is -0.215. The molecule has 0 aliphatic heterocycles. The number of benzene rings is 1. The number of hydrogen-bond acceptors (Lipinski definition) is 3. The van der Waals surface area contributed by atoms with Gasteiger partial charge in [-0.3, -0.25) is 0 Å². The maximum atomic E-state index is 10.3. The normalized spacial score (nSPS) is 48.3. The van der Waals surface area contributed by atoms with Gasteiger partial charge >= 0.3 is 0 Å². The molecular weight excluding hydrogens is 310 g/mol. The van der Waals surface area contributed by atoms with E-state index in [1.54, 1.807) is 32.4 Å². The number of ether oxygens (including phenoxy) is 1. The molecule has 0 spiro atoms. The zero-order valence-electron chi connectivity index (χ0n) is 15.1. The van der Waals surface area contributed by atoms with Gasteiger partial charge in [0.15, 0.2) is 0 Å². The summed E-state index contributed by atoms with van der Waals surface area (Å²) in [5, 5.41) is 14.2. The van der Waals surface area contributed by atoms with Crippen LogP contribution in [0.3, 0.4) is 0 Å². The van der Waals surface area contributed by atoms with Gasteiger partial charge in [0.2, 0.25) is 0 Å². The molecule has 134 valence electrons. The molecule has 7 aliphatic rings. The zero-order valence-corrected chi connectivity index (χ0v) is 15.1. The molecule has 0 amide bonds. The molecule has 0 unspecified atom stereocenters. The molecule has 7 fully saturated rings. The van der Waals surface area contributed by atoms with Gasteiger partial charge < -0.3 is 15.2 Å². The predicted octanol–water partition coefficient (Wildman–Crippen LogP) is 3.95. The minimum absolute atomic E-state index is 0.347. The van der Waals surface area contributed by atoms with Gasteiger partial charge in [-0.15, -0.1) is 0 Å². The van der Waals surface area contributed by atoms with Gasteiger partial charge in [0.25, 0.3) is 0 Å². The maximum Gasteiger partial charge on any atom is 0.123 e. The fraction of sp³-hybridized carbons (Fsp3) is 0.727. The molecule has 0 atom stereocenters. The van der Waals surface area contributed by atoms with Crippen molar-refractivity contribution in [3.63, 3.8) is 0 Å². The van der Waals surface area contributed by atoms with E-state index in [-0.39, 0.29) is 0 Å². The Morgan fingerprint density at radius 3 is 2.12 bits per heavy atom. The van der Waals surface area contributed by atoms with Crippen molar-refractivity contribution in [2.45, 2.75) is 50.6 Å². The van der Waals surface area contributed by atoms with E-state index in [4.69, 9.17) is 4.74 Å². The number of nitrogens with one attached hydrogen (secondary N) is 1. The summed E-state index contributed by atoms with van der Waals surface area (Å²) in [6, 6.07) is 5.69. The minimum atomic E-state index is 0.347. The highest BCUT2D eigenvalue weighted by Crippen LogP contribution is 2.72. The van der Waals surface area contributed by atoms with Gasteiger partial charge in [0.05, 0.1) is 7.11 Å². The van der Waals surface area contributed by atoms with Crippen LogP contribution in [0.15, 0.2) is 18.2 Å². The molecule has 8 bridgehead atoms. The van der Waals surface area contributed by atoms with Crippen LogP contribution in [0, 0.1) is 41.4 Å². The SMILES string of the molecule is COc1ccc(CNC23CC4C5CC6CC4C(C2)C(C6)C5C3)c(O)c1. The monoisotopic (exact) mass is 339 g/mol. The molecule has 2 N–H and O–H groups in total. The highest BCUT2D eigenvalue weighted by Gasteiger charge is 2.67.